The lowest BCUT2D eigenvalue weighted by Crippen LogP contribution is -2.21. The summed E-state index contributed by atoms with van der Waals surface area (Å²) in [5.74, 6) is 2.62. The maximum atomic E-state index is 9.21. The first-order chi connectivity index (χ1) is 71.3. The van der Waals surface area contributed by atoms with Crippen LogP contribution in [0.4, 0.5) is 56.9 Å². The number of hydrogen-bond acceptors (Lipinski definition) is 12. The molecule has 4 aliphatic heterocycles. The third-order valence-corrected chi connectivity index (χ3v) is 25.4. The van der Waals surface area contributed by atoms with E-state index in [4.69, 9.17) is 50.5 Å². The Morgan fingerprint density at radius 2 is 0.559 bits per heavy atom. The summed E-state index contributed by atoms with van der Waals surface area (Å²) >= 11 is 0. The molecule has 0 aliphatic carbocycles. The molecule has 16 aromatic rings. The molecule has 16 nitrogen and oxygen atoms in total. The van der Waals surface area contributed by atoms with Crippen molar-refractivity contribution in [2.75, 3.05) is 52.5 Å². The Morgan fingerprint density at radius 1 is 0.290 bits per heavy atom. The van der Waals surface area contributed by atoms with Gasteiger partial charge in [-0.05, 0) is 285 Å². The van der Waals surface area contributed by atoms with Crippen LogP contribution in [0.5, 0.6) is 0 Å². The van der Waals surface area contributed by atoms with Gasteiger partial charge in [-0.2, -0.15) is 0 Å². The molecule has 145 heavy (non-hydrogen) atoms. The average Bonchev–Trinajstić information content (AvgIpc) is 0.773. The van der Waals surface area contributed by atoms with E-state index in [2.05, 4.69) is 405 Å². The lowest BCUT2D eigenvalue weighted by atomic mass is 10.0. The molecule has 20 rings (SSSR count). The number of hydrogen-bond donors (Lipinski definition) is 0. The van der Waals surface area contributed by atoms with Crippen LogP contribution in [0.1, 0.15) is 68.7 Å². The highest BCUT2D eigenvalue weighted by molar-refractivity contribution is 6.06. The van der Waals surface area contributed by atoms with Crippen molar-refractivity contribution >= 4 is 146 Å². The number of rotatable bonds is 20. The number of ether oxygens (including phenoxy) is 4. The zero-order chi connectivity index (χ0) is 100. The van der Waals surface area contributed by atoms with Gasteiger partial charge in [-0.1, -0.05) is 273 Å². The third kappa shape index (κ3) is 23.5. The molecule has 16 aromatic carbocycles. The molecule has 4 heterocycles. The highest BCUT2D eigenvalue weighted by atomic mass is 16.5. The van der Waals surface area contributed by atoms with Crippen LogP contribution in [0.2, 0.25) is 0 Å². The molecule has 0 bridgehead atoms. The van der Waals surface area contributed by atoms with Crippen molar-refractivity contribution in [3.63, 3.8) is 0 Å². The zero-order valence-electron chi connectivity index (χ0n) is 80.4. The molecule has 0 radical (unpaired) electrons. The average molecular weight is 1880 g/mol. The number of nitrogens with zero attached hydrogens (tertiary/aromatic N) is 12. The molecule has 4 aliphatic rings. The summed E-state index contributed by atoms with van der Waals surface area (Å²) in [6, 6.07) is 131. The van der Waals surface area contributed by atoms with E-state index < -0.39 is 0 Å². The van der Waals surface area contributed by atoms with E-state index in [1.807, 2.05) is 79.8 Å². The quantitative estimate of drug-likeness (QED) is 0.0525. The van der Waals surface area contributed by atoms with Crippen molar-refractivity contribution in [2.24, 2.45) is 0 Å². The van der Waals surface area contributed by atoms with Crippen LogP contribution in [0.15, 0.2) is 469 Å². The number of nitriles is 4. The Balaban J connectivity index is 0.000000134. The Morgan fingerprint density at radius 3 is 0.897 bits per heavy atom. The first-order valence-electron chi connectivity index (χ1n) is 47.9. The summed E-state index contributed by atoms with van der Waals surface area (Å²) in [6.45, 7) is 38.3. The summed E-state index contributed by atoms with van der Waals surface area (Å²) in [5.41, 5.74) is 18.6. The first-order valence-corrected chi connectivity index (χ1v) is 47.9. The van der Waals surface area contributed by atoms with Gasteiger partial charge in [0.05, 0.1) is 93.6 Å². The molecule has 0 saturated carbocycles. The lowest BCUT2D eigenvalue weighted by molar-refractivity contribution is 0.133. The SMILES string of the molecule is [C-]#[N+]/C(C#N)=C1C=C(/C=C/c2ccc(N(CC)CC)cc2)OC(C)C\1.[C-]#[N+]/C(C#N)=C1C=C(/C=C/c2ccc(N(c3ccc4ccccc4c3)c3ccc4ccccc4c3)cc2)OCC\1.[C-]#[N+]/C(C#N)=C1C=C(/C=C/c2ccc(N(c3ccc4ccccc4c3)c3cccc4ccccc34)cc2)OCC\1.[C-]#[N+]/C(C#N)=C1C=C(/C=C/c2ccc(N(c3cccc4ccccc34)c3cccc4ccccc34)cc2)OCC\1. The smallest absolute Gasteiger partial charge is 0.265 e. The van der Waals surface area contributed by atoms with Crippen molar-refractivity contribution in [3.05, 3.63) is 536 Å². The van der Waals surface area contributed by atoms with Crippen LogP contribution in [-0.2, 0) is 18.9 Å². The van der Waals surface area contributed by atoms with E-state index in [1.54, 1.807) is 24.3 Å². The van der Waals surface area contributed by atoms with Crippen LogP contribution < -0.4 is 19.6 Å². The van der Waals surface area contributed by atoms with Gasteiger partial charge in [0.1, 0.15) is 23.0 Å². The normalized spacial score (nSPS) is 15.1. The topological polar surface area (TPSA) is 162 Å². The molecular formula is C129H98N12O4. The van der Waals surface area contributed by atoms with E-state index >= 15 is 0 Å². The second-order valence-electron chi connectivity index (χ2n) is 34.5. The third-order valence-electron chi connectivity index (χ3n) is 25.4. The fraction of sp³-hybridized carbons (Fsp3) is 0.101. The molecular weight excluding hydrogens is 1780 g/mol. The van der Waals surface area contributed by atoms with Crippen molar-refractivity contribution in [3.8, 4) is 24.3 Å². The van der Waals surface area contributed by atoms with Crippen LogP contribution >= 0.6 is 0 Å². The number of allylic oxidation sites excluding steroid dienone is 12. The van der Waals surface area contributed by atoms with Gasteiger partial charge in [0, 0.05) is 75.5 Å². The Kier molecular flexibility index (Phi) is 31.5. The largest absolute Gasteiger partial charge is 0.493 e. The minimum atomic E-state index is -0.0465. The van der Waals surface area contributed by atoms with Crippen molar-refractivity contribution in [2.45, 2.75) is 52.6 Å². The molecule has 1 atom stereocenters. The number of fused-ring (bicyclic) bond motifs is 6. The molecule has 0 aromatic heterocycles. The Bertz CT molecular complexity index is 8120. The summed E-state index contributed by atoms with van der Waals surface area (Å²) in [6.07, 6.45) is 24.9. The highest BCUT2D eigenvalue weighted by Crippen LogP contribution is 2.46. The molecule has 0 spiro atoms. The zero-order valence-corrected chi connectivity index (χ0v) is 80.4. The van der Waals surface area contributed by atoms with Gasteiger partial charge in [-0.15, -0.1) is 0 Å². The van der Waals surface area contributed by atoms with Crippen LogP contribution in [0, 0.1) is 71.6 Å². The second kappa shape index (κ2) is 47.1. The fourth-order valence-corrected chi connectivity index (χ4v) is 18.1. The highest BCUT2D eigenvalue weighted by Gasteiger charge is 2.24. The molecule has 0 fully saturated rings. The van der Waals surface area contributed by atoms with E-state index in [-0.39, 0.29) is 28.9 Å². The van der Waals surface area contributed by atoms with E-state index in [1.165, 1.54) is 70.3 Å². The van der Waals surface area contributed by atoms with Gasteiger partial charge in [0.15, 0.2) is 0 Å². The second-order valence-corrected chi connectivity index (χ2v) is 34.5. The maximum Gasteiger partial charge on any atom is 0.265 e. The Hall–Kier alpha value is -19.7. The predicted octanol–water partition coefficient (Wildman–Crippen LogP) is 33.4. The monoisotopic (exact) mass is 1880 g/mol. The van der Waals surface area contributed by atoms with Gasteiger partial charge < -0.3 is 38.5 Å². The van der Waals surface area contributed by atoms with Crippen LogP contribution in [0.3, 0.4) is 0 Å². The van der Waals surface area contributed by atoms with Gasteiger partial charge in [0.2, 0.25) is 0 Å². The van der Waals surface area contributed by atoms with Crippen molar-refractivity contribution in [1.29, 1.82) is 21.0 Å². The van der Waals surface area contributed by atoms with Crippen LogP contribution in [0.25, 0.3) is 108 Å². The Labute approximate surface area is 846 Å². The summed E-state index contributed by atoms with van der Waals surface area (Å²) in [5, 5.41) is 51.0. The fourth-order valence-electron chi connectivity index (χ4n) is 18.1. The summed E-state index contributed by atoms with van der Waals surface area (Å²) in [7, 11) is 0. The van der Waals surface area contributed by atoms with Gasteiger partial charge in [0.25, 0.3) is 22.8 Å². The molecule has 1 unspecified atom stereocenters. The molecule has 0 N–H and O–H groups in total. The van der Waals surface area contributed by atoms with E-state index in [9.17, 15) is 15.8 Å². The standard InChI is InChI=1S/3C36H25N3O.C21H23N3O/c1-38-34(25-37)29-22-23-40-31(24-29)21-18-26-16-19-30(20-17-26)39(35-14-6-10-27-8-2-4-12-32(27)35)36-15-7-11-28-9-3-5-13-33(28)36;1-38-36(25-37)31-20-21-40-35(24-31)19-12-26-10-15-32(16-11-26)39(33-17-13-27-6-2-4-8-29(27)22-33)34-18-14-28-7-3-5-9-30(28)23-34;1-38-35(25-37)30-21-22-40-33(24-30)20-15-26-13-17-31(18-14-26)39(32-19-16-27-7-2-3-9-29(27)23-32)36-12-6-10-28-8-4-5-11-34(28)36;1-5-24(6-2)19-10-7-17(8-11-19)9-12-20-14-18(13-16(3)25-20)21(15-22)23-4/h2-21,24H,22-23H2;2-19,22-24H,20-21H2;2-20,23-24H,21-22H2;7-12,14,16H,5-6,13H2,1-3H3/b21-18+,34-29-;19-12+,36-31-;20-15+,35-30-;12-9+,21-18-. The van der Waals surface area contributed by atoms with E-state index in [0.717, 1.165) is 109 Å². The minimum absolute atomic E-state index is 0.0465. The van der Waals surface area contributed by atoms with Crippen molar-refractivity contribution < 1.29 is 18.9 Å². The maximum absolute atomic E-state index is 9.21. The molecule has 698 valence electrons. The molecule has 0 saturated heterocycles. The van der Waals surface area contributed by atoms with Crippen molar-refractivity contribution in [1.82, 2.24) is 0 Å². The molecule has 0 amide bonds. The van der Waals surface area contributed by atoms with Gasteiger partial charge >= 0.3 is 0 Å². The van der Waals surface area contributed by atoms with E-state index in [0.29, 0.717) is 68.5 Å². The minimum Gasteiger partial charge on any atom is -0.493 e. The number of anilines is 10. The van der Waals surface area contributed by atoms with Gasteiger partial charge in [-0.3, -0.25) is 0 Å². The molecule has 16 heteroatoms. The predicted molar refractivity (Wildman–Crippen MR) is 591 cm³/mol. The first kappa shape index (κ1) is 96.9. The lowest BCUT2D eigenvalue weighted by Gasteiger charge is -2.28. The van der Waals surface area contributed by atoms with Gasteiger partial charge in [-0.25, -0.2) is 40.4 Å². The summed E-state index contributed by atoms with van der Waals surface area (Å²) < 4.78 is 23.0. The number of benzene rings is 16. The van der Waals surface area contributed by atoms with Crippen LogP contribution in [-0.4, -0.2) is 39.0 Å². The summed E-state index contributed by atoms with van der Waals surface area (Å²) in [4.78, 5) is 22.5.